The molecule has 1 aromatic heterocycles. The first-order chi connectivity index (χ1) is 11.6. The lowest BCUT2D eigenvalue weighted by atomic mass is 9.91. The van der Waals surface area contributed by atoms with Gasteiger partial charge < -0.3 is 15.4 Å². The van der Waals surface area contributed by atoms with E-state index in [4.69, 9.17) is 4.74 Å². The van der Waals surface area contributed by atoms with Gasteiger partial charge in [0.1, 0.15) is 5.75 Å². The van der Waals surface area contributed by atoms with Crippen molar-refractivity contribution < 1.29 is 14.3 Å². The monoisotopic (exact) mass is 344 g/mol. The van der Waals surface area contributed by atoms with E-state index in [1.165, 1.54) is 39.8 Å². The van der Waals surface area contributed by atoms with Crippen molar-refractivity contribution in [2.75, 3.05) is 20.2 Å². The normalized spacial score (nSPS) is 12.1. The van der Waals surface area contributed by atoms with Crippen molar-refractivity contribution in [1.82, 2.24) is 10.6 Å². The average Bonchev–Trinajstić information content (AvgIpc) is 3.02. The molecule has 6 heteroatoms. The summed E-state index contributed by atoms with van der Waals surface area (Å²) in [5, 5.41) is 5.51. The van der Waals surface area contributed by atoms with Crippen LogP contribution in [-0.4, -0.2) is 32.0 Å². The summed E-state index contributed by atoms with van der Waals surface area (Å²) in [6.45, 7) is 2.32. The molecule has 2 amide bonds. The number of aryl methyl sites for hydroxylation is 2. The summed E-state index contributed by atoms with van der Waals surface area (Å²) in [6.07, 6.45) is 1.89. The number of fused-ring (bicyclic) bond motifs is 3. The number of nitrogens with one attached hydrogen (secondary N) is 2. The average molecular weight is 344 g/mol. The summed E-state index contributed by atoms with van der Waals surface area (Å²) in [5.74, 6) is 0.683. The topological polar surface area (TPSA) is 67.4 Å². The molecule has 0 unspecified atom stereocenters. The second-order valence-electron chi connectivity index (χ2n) is 5.73. The van der Waals surface area contributed by atoms with Crippen molar-refractivity contribution >= 4 is 23.2 Å². The van der Waals surface area contributed by atoms with Gasteiger partial charge in [-0.3, -0.25) is 9.59 Å². The highest BCUT2D eigenvalue weighted by Gasteiger charge is 2.21. The number of carbonyl (C=O) groups excluding carboxylic acids is 2. The van der Waals surface area contributed by atoms with Gasteiger partial charge in [-0.15, -0.1) is 11.3 Å². The van der Waals surface area contributed by atoms with Crippen molar-refractivity contribution in [3.63, 3.8) is 0 Å². The molecule has 0 bridgehead atoms. The second-order valence-corrected chi connectivity index (χ2v) is 6.78. The molecule has 0 saturated carbocycles. The SMILES string of the molecule is COc1ccc2c(c1)CCc1cc(C(=O)NCCNC(C)=O)sc1-2. The number of carbonyl (C=O) groups is 2. The van der Waals surface area contributed by atoms with Crippen LogP contribution in [0, 0.1) is 0 Å². The molecule has 1 aliphatic carbocycles. The van der Waals surface area contributed by atoms with Gasteiger partial charge in [-0.1, -0.05) is 0 Å². The lowest BCUT2D eigenvalue weighted by molar-refractivity contribution is -0.118. The van der Waals surface area contributed by atoms with E-state index in [9.17, 15) is 9.59 Å². The molecule has 0 radical (unpaired) electrons. The van der Waals surface area contributed by atoms with Gasteiger partial charge in [0.2, 0.25) is 5.91 Å². The van der Waals surface area contributed by atoms with Crippen LogP contribution in [0.4, 0.5) is 0 Å². The van der Waals surface area contributed by atoms with Crippen LogP contribution in [0.3, 0.4) is 0 Å². The summed E-state index contributed by atoms with van der Waals surface area (Å²) in [7, 11) is 1.67. The van der Waals surface area contributed by atoms with E-state index in [2.05, 4.69) is 22.8 Å². The third-order valence-corrected chi connectivity index (χ3v) is 5.25. The highest BCUT2D eigenvalue weighted by molar-refractivity contribution is 7.17. The smallest absolute Gasteiger partial charge is 0.261 e. The Balaban J connectivity index is 1.74. The maximum Gasteiger partial charge on any atom is 0.261 e. The zero-order valence-electron chi connectivity index (χ0n) is 13.8. The third kappa shape index (κ3) is 3.43. The molecule has 24 heavy (non-hydrogen) atoms. The Labute approximate surface area is 145 Å². The quantitative estimate of drug-likeness (QED) is 0.819. The minimum Gasteiger partial charge on any atom is -0.497 e. The summed E-state index contributed by atoms with van der Waals surface area (Å²) >= 11 is 1.52. The largest absolute Gasteiger partial charge is 0.497 e. The van der Waals surface area contributed by atoms with E-state index in [1.54, 1.807) is 7.11 Å². The number of hydrogen-bond acceptors (Lipinski definition) is 4. The summed E-state index contributed by atoms with van der Waals surface area (Å²) < 4.78 is 5.29. The highest BCUT2D eigenvalue weighted by atomic mass is 32.1. The molecule has 1 aliphatic rings. The van der Waals surface area contributed by atoms with Gasteiger partial charge in [0.05, 0.1) is 12.0 Å². The Morgan fingerprint density at radius 2 is 1.88 bits per heavy atom. The lowest BCUT2D eigenvalue weighted by Crippen LogP contribution is -2.33. The van der Waals surface area contributed by atoms with Crippen LogP contribution in [0.15, 0.2) is 24.3 Å². The molecule has 1 heterocycles. The zero-order valence-corrected chi connectivity index (χ0v) is 14.6. The molecule has 0 fully saturated rings. The van der Waals surface area contributed by atoms with E-state index in [-0.39, 0.29) is 11.8 Å². The first kappa shape index (κ1) is 16.5. The molecule has 0 saturated heterocycles. The summed E-state index contributed by atoms with van der Waals surface area (Å²) in [5.41, 5.74) is 3.69. The van der Waals surface area contributed by atoms with Crippen LogP contribution in [0.25, 0.3) is 10.4 Å². The highest BCUT2D eigenvalue weighted by Crippen LogP contribution is 2.40. The molecule has 5 nitrogen and oxygen atoms in total. The Bertz CT molecular complexity index is 783. The predicted octanol–water partition coefficient (Wildman–Crippen LogP) is 2.39. The number of ether oxygens (including phenoxy) is 1. The fourth-order valence-corrected chi connectivity index (χ4v) is 4.04. The van der Waals surface area contributed by atoms with E-state index in [1.807, 2.05) is 12.1 Å². The Hall–Kier alpha value is -2.34. The number of rotatable bonds is 5. The first-order valence-corrected chi connectivity index (χ1v) is 8.72. The number of hydrogen-bond donors (Lipinski definition) is 2. The number of amides is 2. The maximum atomic E-state index is 12.3. The molecular weight excluding hydrogens is 324 g/mol. The fraction of sp³-hybridized carbons (Fsp3) is 0.333. The van der Waals surface area contributed by atoms with Gasteiger partial charge in [-0.2, -0.15) is 0 Å². The minimum atomic E-state index is -0.0946. The van der Waals surface area contributed by atoms with Gasteiger partial charge in [-0.25, -0.2) is 0 Å². The molecule has 3 rings (SSSR count). The van der Waals surface area contributed by atoms with E-state index >= 15 is 0 Å². The van der Waals surface area contributed by atoms with Crippen molar-refractivity contribution in [2.45, 2.75) is 19.8 Å². The Kier molecular flexibility index (Phi) is 4.85. The van der Waals surface area contributed by atoms with Crippen LogP contribution in [0.5, 0.6) is 5.75 Å². The summed E-state index contributed by atoms with van der Waals surface area (Å²) in [4.78, 5) is 25.0. The number of methoxy groups -OCH3 is 1. The minimum absolute atomic E-state index is 0.0881. The Morgan fingerprint density at radius 3 is 2.62 bits per heavy atom. The second kappa shape index (κ2) is 7.05. The van der Waals surface area contributed by atoms with Gasteiger partial charge in [0.15, 0.2) is 0 Å². The molecular formula is C18H20N2O3S. The predicted molar refractivity (Wildman–Crippen MR) is 94.7 cm³/mol. The van der Waals surface area contributed by atoms with Crippen LogP contribution in [0.1, 0.15) is 27.7 Å². The van der Waals surface area contributed by atoms with Gasteiger partial charge in [0.25, 0.3) is 5.91 Å². The van der Waals surface area contributed by atoms with Crippen LogP contribution >= 0.6 is 11.3 Å². The molecule has 0 aliphatic heterocycles. The van der Waals surface area contributed by atoms with E-state index < -0.39 is 0 Å². The number of thiophene rings is 1. The van der Waals surface area contributed by atoms with Crippen LogP contribution in [0.2, 0.25) is 0 Å². The molecule has 0 atom stereocenters. The maximum absolute atomic E-state index is 12.3. The van der Waals surface area contributed by atoms with Gasteiger partial charge in [0, 0.05) is 24.9 Å². The van der Waals surface area contributed by atoms with Crippen molar-refractivity contribution in [1.29, 1.82) is 0 Å². The van der Waals surface area contributed by atoms with E-state index in [0.717, 1.165) is 18.6 Å². The van der Waals surface area contributed by atoms with Crippen LogP contribution < -0.4 is 15.4 Å². The number of benzene rings is 1. The molecule has 1 aromatic carbocycles. The van der Waals surface area contributed by atoms with E-state index in [0.29, 0.717) is 18.0 Å². The zero-order chi connectivity index (χ0) is 17.1. The fourth-order valence-electron chi connectivity index (χ4n) is 2.85. The Morgan fingerprint density at radius 1 is 1.12 bits per heavy atom. The molecule has 0 spiro atoms. The lowest BCUT2D eigenvalue weighted by Gasteiger charge is -2.16. The molecule has 126 valence electrons. The molecule has 2 aromatic rings. The van der Waals surface area contributed by atoms with Crippen molar-refractivity contribution in [2.24, 2.45) is 0 Å². The van der Waals surface area contributed by atoms with Gasteiger partial charge >= 0.3 is 0 Å². The first-order valence-electron chi connectivity index (χ1n) is 7.91. The standard InChI is InChI=1S/C18H20N2O3S/c1-11(21)19-7-8-20-18(22)16-10-13-4-3-12-9-14(23-2)5-6-15(12)17(13)24-16/h5-6,9-10H,3-4,7-8H2,1-2H3,(H,19,21)(H,20,22). The van der Waals surface area contributed by atoms with Crippen molar-refractivity contribution in [3.8, 4) is 16.2 Å². The third-order valence-electron chi connectivity index (χ3n) is 4.04. The van der Waals surface area contributed by atoms with Crippen molar-refractivity contribution in [3.05, 3.63) is 40.3 Å². The summed E-state index contributed by atoms with van der Waals surface area (Å²) in [6, 6.07) is 8.09. The molecule has 2 N–H and O–H groups in total. The van der Waals surface area contributed by atoms with Gasteiger partial charge in [-0.05, 0) is 53.8 Å². The van der Waals surface area contributed by atoms with Crippen LogP contribution in [-0.2, 0) is 17.6 Å².